The molecule has 0 radical (unpaired) electrons. The first-order valence-corrected chi connectivity index (χ1v) is 7.94. The fraction of sp³-hybridized carbons (Fsp3) is 0.353. The van der Waals surface area contributed by atoms with Gasteiger partial charge < -0.3 is 4.84 Å². The lowest BCUT2D eigenvalue weighted by molar-refractivity contribution is -0.239. The van der Waals surface area contributed by atoms with Gasteiger partial charge in [-0.2, -0.15) is 13.2 Å². The Balaban J connectivity index is 1.55. The monoisotopic (exact) mass is 368 g/mol. The Morgan fingerprint density at radius 1 is 1.08 bits per heavy atom. The molecule has 1 saturated heterocycles. The van der Waals surface area contributed by atoms with Crippen molar-refractivity contribution in [2.75, 3.05) is 19.6 Å². The summed E-state index contributed by atoms with van der Waals surface area (Å²) < 4.78 is 36.5. The van der Waals surface area contributed by atoms with Gasteiger partial charge >= 0.3 is 12.1 Å². The number of alkyl halides is 3. The maximum atomic E-state index is 12.3. The van der Waals surface area contributed by atoms with Crippen molar-refractivity contribution in [1.29, 1.82) is 0 Å². The molecule has 2 heterocycles. The number of hydrogen-bond acceptors (Lipinski definition) is 5. The first kappa shape index (κ1) is 18.1. The lowest BCUT2D eigenvalue weighted by Crippen LogP contribution is -2.38. The summed E-state index contributed by atoms with van der Waals surface area (Å²) in [5, 5.41) is 0.967. The number of benzene rings is 1. The summed E-state index contributed by atoms with van der Waals surface area (Å²) in [6.45, 7) is 0.343. The van der Waals surface area contributed by atoms with E-state index in [1.807, 2.05) is 0 Å². The second kappa shape index (κ2) is 6.91. The molecule has 2 amide bonds. The van der Waals surface area contributed by atoms with Crippen LogP contribution in [0.3, 0.4) is 0 Å². The molecule has 0 spiro atoms. The van der Waals surface area contributed by atoms with Gasteiger partial charge in [-0.3, -0.25) is 14.5 Å². The Bertz CT molecular complexity index is 743. The predicted molar refractivity (Wildman–Crippen MR) is 82.8 cm³/mol. The highest BCUT2D eigenvalue weighted by atomic mass is 19.4. The zero-order valence-electron chi connectivity index (χ0n) is 13.6. The maximum Gasteiger partial charge on any atom is 0.492 e. The number of carbonyl (C=O) groups excluding carboxylic acids is 3. The van der Waals surface area contributed by atoms with Gasteiger partial charge in [0.05, 0.1) is 11.1 Å². The Hall–Kier alpha value is -2.68. The van der Waals surface area contributed by atoms with E-state index in [9.17, 15) is 27.6 Å². The number of hydrogen-bond donors (Lipinski definition) is 0. The second-order valence-corrected chi connectivity index (χ2v) is 5.93. The number of nitrogens with zero attached hydrogens (tertiary/aromatic N) is 2. The van der Waals surface area contributed by atoms with Crippen LogP contribution in [-0.4, -0.2) is 53.6 Å². The molecular weight excluding hydrogens is 353 g/mol. The molecule has 0 bridgehead atoms. The smallest absolute Gasteiger partial charge is 0.361 e. The molecule has 0 unspecified atom stereocenters. The first-order valence-electron chi connectivity index (χ1n) is 7.94. The highest BCUT2D eigenvalue weighted by Crippen LogP contribution is 2.24. The van der Waals surface area contributed by atoms with Gasteiger partial charge in [0, 0.05) is 19.6 Å². The average Bonchev–Trinajstić information content (AvgIpc) is 2.85. The normalized spacial score (nSPS) is 18.1. The molecule has 2 aliphatic heterocycles. The van der Waals surface area contributed by atoms with E-state index >= 15 is 0 Å². The first-order chi connectivity index (χ1) is 12.3. The largest absolute Gasteiger partial charge is 0.492 e. The van der Waals surface area contributed by atoms with Gasteiger partial charge in [0.15, 0.2) is 0 Å². The molecule has 138 valence electrons. The van der Waals surface area contributed by atoms with Crippen molar-refractivity contribution in [3.05, 3.63) is 47.0 Å². The Kier molecular flexibility index (Phi) is 4.82. The molecule has 6 nitrogen and oxygen atoms in total. The van der Waals surface area contributed by atoms with Crippen molar-refractivity contribution < 1.29 is 32.4 Å². The molecule has 0 saturated carbocycles. The van der Waals surface area contributed by atoms with E-state index in [4.69, 9.17) is 0 Å². The molecule has 3 rings (SSSR count). The number of piperidine rings is 1. The van der Waals surface area contributed by atoms with E-state index in [1.54, 1.807) is 30.3 Å². The molecular formula is C17H15F3N2O4. The van der Waals surface area contributed by atoms with Gasteiger partial charge in [-0.25, -0.2) is 4.79 Å². The van der Waals surface area contributed by atoms with E-state index < -0.39 is 12.1 Å². The van der Waals surface area contributed by atoms with Crippen molar-refractivity contribution in [3.63, 3.8) is 0 Å². The number of amides is 2. The minimum atomic E-state index is -5.03. The quantitative estimate of drug-likeness (QED) is 0.605. The maximum absolute atomic E-state index is 12.3. The molecule has 0 atom stereocenters. The molecule has 0 aromatic heterocycles. The highest BCUT2D eigenvalue weighted by molar-refractivity contribution is 6.21. The van der Waals surface area contributed by atoms with Crippen LogP contribution in [0.2, 0.25) is 0 Å². The van der Waals surface area contributed by atoms with Crippen molar-refractivity contribution in [3.8, 4) is 0 Å². The van der Waals surface area contributed by atoms with Crippen LogP contribution in [0.25, 0.3) is 0 Å². The van der Waals surface area contributed by atoms with E-state index in [0.29, 0.717) is 24.0 Å². The Morgan fingerprint density at radius 3 is 2.12 bits per heavy atom. The summed E-state index contributed by atoms with van der Waals surface area (Å²) in [4.78, 5) is 40.7. The van der Waals surface area contributed by atoms with Crippen LogP contribution in [-0.2, 0) is 9.63 Å². The predicted octanol–water partition coefficient (Wildman–Crippen LogP) is 2.33. The van der Waals surface area contributed by atoms with Gasteiger partial charge in [0.25, 0.3) is 11.8 Å². The molecule has 1 fully saturated rings. The van der Waals surface area contributed by atoms with Crippen LogP contribution in [0, 0.1) is 0 Å². The van der Waals surface area contributed by atoms with Crippen LogP contribution in [0.15, 0.2) is 35.9 Å². The standard InChI is InChI=1S/C17H15F3N2O4/c18-17(19,20)16(25)26-21-8-5-11(6-9-21)7-10-22-14(23)12-3-1-2-4-13(12)15(22)24/h1-4,7H,5-6,8-10H2. The molecule has 2 aliphatic rings. The molecule has 1 aromatic rings. The number of halogens is 3. The summed E-state index contributed by atoms with van der Waals surface area (Å²) in [7, 11) is 0. The highest BCUT2D eigenvalue weighted by Gasteiger charge is 2.42. The molecule has 0 aliphatic carbocycles. The summed E-state index contributed by atoms with van der Waals surface area (Å²) in [5.74, 6) is -2.96. The van der Waals surface area contributed by atoms with E-state index in [0.717, 1.165) is 15.5 Å². The van der Waals surface area contributed by atoms with Crippen LogP contribution in [0.5, 0.6) is 0 Å². The number of hydroxylamine groups is 2. The van der Waals surface area contributed by atoms with Gasteiger partial charge in [-0.05, 0) is 25.0 Å². The topological polar surface area (TPSA) is 66.9 Å². The third kappa shape index (κ3) is 3.62. The minimum absolute atomic E-state index is 0.101. The minimum Gasteiger partial charge on any atom is -0.361 e. The van der Waals surface area contributed by atoms with Crippen molar-refractivity contribution >= 4 is 17.8 Å². The summed E-state index contributed by atoms with van der Waals surface area (Å²) in [6.07, 6.45) is -2.53. The zero-order chi connectivity index (χ0) is 18.9. The number of rotatable bonds is 3. The number of carbonyl (C=O) groups is 3. The summed E-state index contributed by atoms with van der Waals surface area (Å²) in [5.41, 5.74) is 1.62. The zero-order valence-corrected chi connectivity index (χ0v) is 13.6. The second-order valence-electron chi connectivity index (χ2n) is 5.93. The Labute approximate surface area is 146 Å². The van der Waals surface area contributed by atoms with E-state index in [2.05, 4.69) is 4.84 Å². The van der Waals surface area contributed by atoms with Crippen LogP contribution in [0.4, 0.5) is 13.2 Å². The van der Waals surface area contributed by atoms with E-state index in [1.165, 1.54) is 0 Å². The van der Waals surface area contributed by atoms with Crippen LogP contribution >= 0.6 is 0 Å². The van der Waals surface area contributed by atoms with Crippen molar-refractivity contribution in [1.82, 2.24) is 9.96 Å². The summed E-state index contributed by atoms with van der Waals surface area (Å²) >= 11 is 0. The third-order valence-electron chi connectivity index (χ3n) is 4.25. The Morgan fingerprint density at radius 2 is 1.62 bits per heavy atom. The molecule has 1 aromatic carbocycles. The number of fused-ring (bicyclic) bond motifs is 1. The lowest BCUT2D eigenvalue weighted by Gasteiger charge is -2.27. The molecule has 0 N–H and O–H groups in total. The summed E-state index contributed by atoms with van der Waals surface area (Å²) in [6, 6.07) is 6.56. The fourth-order valence-corrected chi connectivity index (χ4v) is 2.86. The van der Waals surface area contributed by atoms with Crippen molar-refractivity contribution in [2.45, 2.75) is 19.0 Å². The van der Waals surface area contributed by atoms with Gasteiger partial charge in [0.2, 0.25) is 0 Å². The van der Waals surface area contributed by atoms with E-state index in [-0.39, 0.29) is 31.4 Å². The average molecular weight is 368 g/mol. The fourth-order valence-electron chi connectivity index (χ4n) is 2.86. The van der Waals surface area contributed by atoms with Gasteiger partial charge in [-0.1, -0.05) is 23.8 Å². The SMILES string of the molecule is O=C1c2ccccc2C(=O)N1CC=C1CCN(OC(=O)C(F)(F)F)CC1. The number of imide groups is 1. The van der Waals surface area contributed by atoms with Gasteiger partial charge in [-0.15, -0.1) is 5.06 Å². The van der Waals surface area contributed by atoms with Crippen LogP contribution < -0.4 is 0 Å². The third-order valence-corrected chi connectivity index (χ3v) is 4.25. The van der Waals surface area contributed by atoms with Gasteiger partial charge in [0.1, 0.15) is 0 Å². The molecule has 26 heavy (non-hydrogen) atoms. The van der Waals surface area contributed by atoms with Crippen LogP contribution in [0.1, 0.15) is 33.6 Å². The van der Waals surface area contributed by atoms with Crippen molar-refractivity contribution in [2.24, 2.45) is 0 Å². The lowest BCUT2D eigenvalue weighted by atomic mass is 10.1. The molecule has 9 heteroatoms.